The number of hydrogen-bond acceptors (Lipinski definition) is 3. The third-order valence-corrected chi connectivity index (χ3v) is 4.15. The minimum atomic E-state index is -0.259. The van der Waals surface area contributed by atoms with Gasteiger partial charge >= 0.3 is 6.03 Å². The van der Waals surface area contributed by atoms with E-state index in [1.807, 2.05) is 13.1 Å². The number of amides is 2. The highest BCUT2D eigenvalue weighted by Gasteiger charge is 2.22. The van der Waals surface area contributed by atoms with Gasteiger partial charge in [0.1, 0.15) is 0 Å². The van der Waals surface area contributed by atoms with Gasteiger partial charge in [-0.2, -0.15) is 5.10 Å². The molecule has 0 fully saturated rings. The Bertz CT molecular complexity index is 701. The molecule has 1 heterocycles. The van der Waals surface area contributed by atoms with Gasteiger partial charge in [-0.3, -0.25) is 5.10 Å². The number of anilines is 1. The Kier molecular flexibility index (Phi) is 4.71. The maximum absolute atomic E-state index is 12.3. The molecule has 1 aliphatic carbocycles. The van der Waals surface area contributed by atoms with Crippen LogP contribution >= 0.6 is 11.6 Å². The SMILES string of the molecule is CCOc1c(Cl)cccc1NC(=O)N[C@H]1CCc2[nH]ncc2C1. The Hall–Kier alpha value is -2.21. The van der Waals surface area contributed by atoms with Crippen LogP contribution in [0.3, 0.4) is 0 Å². The van der Waals surface area contributed by atoms with Gasteiger partial charge in [0.15, 0.2) is 5.75 Å². The van der Waals surface area contributed by atoms with Crippen molar-refractivity contribution in [3.63, 3.8) is 0 Å². The Morgan fingerprint density at radius 1 is 1.52 bits per heavy atom. The van der Waals surface area contributed by atoms with Crippen molar-refractivity contribution in [2.75, 3.05) is 11.9 Å². The minimum Gasteiger partial charge on any atom is -0.490 e. The van der Waals surface area contributed by atoms with Crippen molar-refractivity contribution in [3.8, 4) is 5.75 Å². The molecule has 1 aliphatic rings. The number of benzene rings is 1. The van der Waals surface area contributed by atoms with E-state index in [4.69, 9.17) is 16.3 Å². The zero-order chi connectivity index (χ0) is 16.2. The molecule has 3 rings (SSSR count). The number of rotatable bonds is 4. The maximum Gasteiger partial charge on any atom is 0.319 e. The average Bonchev–Trinajstić information content (AvgIpc) is 2.98. The number of nitrogens with one attached hydrogen (secondary N) is 3. The summed E-state index contributed by atoms with van der Waals surface area (Å²) in [5.41, 5.74) is 2.90. The highest BCUT2D eigenvalue weighted by Crippen LogP contribution is 2.32. The van der Waals surface area contributed by atoms with E-state index in [1.165, 1.54) is 5.56 Å². The van der Waals surface area contributed by atoms with Gasteiger partial charge in [0, 0.05) is 11.7 Å². The first kappa shape index (κ1) is 15.7. The van der Waals surface area contributed by atoms with Crippen LogP contribution in [0.5, 0.6) is 5.75 Å². The largest absolute Gasteiger partial charge is 0.490 e. The number of aromatic nitrogens is 2. The second-order valence-corrected chi connectivity index (χ2v) is 5.87. The molecule has 1 aromatic heterocycles. The summed E-state index contributed by atoms with van der Waals surface area (Å²) in [6, 6.07) is 5.11. The molecule has 6 nitrogen and oxygen atoms in total. The number of H-pyrrole nitrogens is 1. The Balaban J connectivity index is 1.63. The molecule has 1 aromatic carbocycles. The van der Waals surface area contributed by atoms with Gasteiger partial charge in [-0.15, -0.1) is 0 Å². The number of urea groups is 1. The van der Waals surface area contributed by atoms with Crippen LogP contribution < -0.4 is 15.4 Å². The van der Waals surface area contributed by atoms with Crippen LogP contribution in [0, 0.1) is 0 Å². The molecule has 0 aliphatic heterocycles. The summed E-state index contributed by atoms with van der Waals surface area (Å²) in [6.45, 7) is 2.35. The summed E-state index contributed by atoms with van der Waals surface area (Å²) in [7, 11) is 0. The Morgan fingerprint density at radius 3 is 3.22 bits per heavy atom. The van der Waals surface area contributed by atoms with Crippen LogP contribution in [-0.4, -0.2) is 28.9 Å². The van der Waals surface area contributed by atoms with Gasteiger partial charge in [-0.05, 0) is 43.9 Å². The number of halogens is 1. The molecule has 0 saturated heterocycles. The van der Waals surface area contributed by atoms with E-state index >= 15 is 0 Å². The molecule has 2 amide bonds. The van der Waals surface area contributed by atoms with Crippen molar-refractivity contribution in [1.82, 2.24) is 15.5 Å². The van der Waals surface area contributed by atoms with Crippen LogP contribution in [0.1, 0.15) is 24.6 Å². The fraction of sp³-hybridized carbons (Fsp3) is 0.375. The summed E-state index contributed by atoms with van der Waals surface area (Å²) in [5, 5.41) is 13.3. The van der Waals surface area contributed by atoms with Gasteiger partial charge in [0.05, 0.1) is 23.5 Å². The highest BCUT2D eigenvalue weighted by molar-refractivity contribution is 6.32. The fourth-order valence-corrected chi connectivity index (χ4v) is 3.01. The maximum atomic E-state index is 12.3. The zero-order valence-corrected chi connectivity index (χ0v) is 13.6. The summed E-state index contributed by atoms with van der Waals surface area (Å²) >= 11 is 6.12. The number of carbonyl (C=O) groups excluding carboxylic acids is 1. The molecular weight excluding hydrogens is 316 g/mol. The second-order valence-electron chi connectivity index (χ2n) is 5.46. The van der Waals surface area contributed by atoms with Gasteiger partial charge in [-0.25, -0.2) is 4.79 Å². The summed E-state index contributed by atoms with van der Waals surface area (Å²) in [4.78, 5) is 12.3. The molecule has 0 radical (unpaired) electrons. The number of nitrogens with zero attached hydrogens (tertiary/aromatic N) is 1. The summed E-state index contributed by atoms with van der Waals surface area (Å²) < 4.78 is 5.51. The number of carbonyl (C=O) groups is 1. The topological polar surface area (TPSA) is 79.0 Å². The first-order valence-corrected chi connectivity index (χ1v) is 8.05. The van der Waals surface area contributed by atoms with Crippen molar-refractivity contribution in [2.45, 2.75) is 32.2 Å². The quantitative estimate of drug-likeness (QED) is 0.803. The predicted octanol–water partition coefficient (Wildman–Crippen LogP) is 3.14. The lowest BCUT2D eigenvalue weighted by molar-refractivity contribution is 0.247. The minimum absolute atomic E-state index is 0.0924. The average molecular weight is 335 g/mol. The van der Waals surface area contributed by atoms with Crippen molar-refractivity contribution < 1.29 is 9.53 Å². The smallest absolute Gasteiger partial charge is 0.319 e. The molecule has 0 bridgehead atoms. The molecule has 23 heavy (non-hydrogen) atoms. The number of para-hydroxylation sites is 1. The van der Waals surface area contributed by atoms with E-state index in [-0.39, 0.29) is 12.1 Å². The fourth-order valence-electron chi connectivity index (χ4n) is 2.78. The van der Waals surface area contributed by atoms with Crippen LogP contribution in [0.4, 0.5) is 10.5 Å². The molecule has 0 unspecified atom stereocenters. The van der Waals surface area contributed by atoms with Gasteiger partial charge in [-0.1, -0.05) is 17.7 Å². The van der Waals surface area contributed by atoms with E-state index in [0.29, 0.717) is 23.1 Å². The normalized spacial score (nSPS) is 16.5. The highest BCUT2D eigenvalue weighted by atomic mass is 35.5. The first-order valence-electron chi connectivity index (χ1n) is 7.67. The molecule has 2 aromatic rings. The molecule has 0 spiro atoms. The first-order chi connectivity index (χ1) is 11.2. The van der Waals surface area contributed by atoms with Gasteiger partial charge < -0.3 is 15.4 Å². The van der Waals surface area contributed by atoms with E-state index < -0.39 is 0 Å². The third-order valence-electron chi connectivity index (χ3n) is 3.86. The van der Waals surface area contributed by atoms with E-state index in [2.05, 4.69) is 20.8 Å². The van der Waals surface area contributed by atoms with Gasteiger partial charge in [0.2, 0.25) is 0 Å². The monoisotopic (exact) mass is 334 g/mol. The van der Waals surface area contributed by atoms with E-state index in [1.54, 1.807) is 18.2 Å². The number of aromatic amines is 1. The van der Waals surface area contributed by atoms with Gasteiger partial charge in [0.25, 0.3) is 0 Å². The molecule has 7 heteroatoms. The second kappa shape index (κ2) is 6.91. The van der Waals surface area contributed by atoms with E-state index in [9.17, 15) is 4.79 Å². The number of aryl methyl sites for hydroxylation is 1. The molecular formula is C16H19ClN4O2. The standard InChI is InChI=1S/C16H19ClN4O2/c1-2-23-15-12(17)4-3-5-14(15)20-16(22)19-11-6-7-13-10(8-11)9-18-21-13/h3-5,9,11H,2,6-8H2,1H3,(H,18,21)(H2,19,20,22)/t11-/m0/s1. The lowest BCUT2D eigenvalue weighted by atomic mass is 9.94. The molecule has 1 atom stereocenters. The molecule has 0 saturated carbocycles. The van der Waals surface area contributed by atoms with Crippen LogP contribution in [0.25, 0.3) is 0 Å². The number of fused-ring (bicyclic) bond motifs is 1. The third kappa shape index (κ3) is 3.59. The van der Waals surface area contributed by atoms with Crippen LogP contribution in [0.2, 0.25) is 5.02 Å². The Labute approximate surface area is 139 Å². The molecule has 3 N–H and O–H groups in total. The van der Waals surface area contributed by atoms with E-state index in [0.717, 1.165) is 25.0 Å². The zero-order valence-electron chi connectivity index (χ0n) is 12.9. The van der Waals surface area contributed by atoms with Crippen LogP contribution in [-0.2, 0) is 12.8 Å². The van der Waals surface area contributed by atoms with Crippen molar-refractivity contribution in [1.29, 1.82) is 0 Å². The van der Waals surface area contributed by atoms with Crippen molar-refractivity contribution >= 4 is 23.3 Å². The van der Waals surface area contributed by atoms with Crippen molar-refractivity contribution in [3.05, 3.63) is 40.7 Å². The predicted molar refractivity (Wildman–Crippen MR) is 89.2 cm³/mol. The number of hydrogen-bond donors (Lipinski definition) is 3. The Morgan fingerprint density at radius 2 is 2.39 bits per heavy atom. The lowest BCUT2D eigenvalue weighted by Gasteiger charge is -2.23. The van der Waals surface area contributed by atoms with Crippen LogP contribution in [0.15, 0.2) is 24.4 Å². The van der Waals surface area contributed by atoms with Crippen molar-refractivity contribution in [2.24, 2.45) is 0 Å². The summed E-state index contributed by atoms with van der Waals surface area (Å²) in [5.74, 6) is 0.493. The number of ether oxygens (including phenoxy) is 1. The lowest BCUT2D eigenvalue weighted by Crippen LogP contribution is -2.41. The summed E-state index contributed by atoms with van der Waals surface area (Å²) in [6.07, 6.45) is 4.39. The molecule has 122 valence electrons.